The van der Waals surface area contributed by atoms with Gasteiger partial charge in [0.25, 0.3) is 0 Å². The van der Waals surface area contributed by atoms with Crippen LogP contribution in [0.4, 0.5) is 0 Å². The van der Waals surface area contributed by atoms with Gasteiger partial charge in [-0.05, 0) is 50.6 Å². The van der Waals surface area contributed by atoms with Crippen molar-refractivity contribution in [3.8, 4) is 0 Å². The van der Waals surface area contributed by atoms with Gasteiger partial charge in [0.2, 0.25) is 0 Å². The molecule has 88 valence electrons. The quantitative estimate of drug-likeness (QED) is 0.771. The molecule has 0 radical (unpaired) electrons. The molecule has 1 N–H and O–H groups in total. The average Bonchev–Trinajstić information content (AvgIpc) is 2.32. The molecule has 2 aliphatic rings. The molecular weight excluding hydrogens is 186 g/mol. The number of rotatable bonds is 4. The summed E-state index contributed by atoms with van der Waals surface area (Å²) in [7, 11) is 0. The third kappa shape index (κ3) is 4.12. The Bertz CT molecular complexity index is 142. The van der Waals surface area contributed by atoms with Gasteiger partial charge in [0, 0.05) is 13.2 Å². The van der Waals surface area contributed by atoms with Crippen LogP contribution >= 0.6 is 0 Å². The third-order valence-corrected chi connectivity index (χ3v) is 4.02. The Labute approximate surface area is 93.8 Å². The summed E-state index contributed by atoms with van der Waals surface area (Å²) in [6.45, 7) is 4.53. The van der Waals surface area contributed by atoms with Crippen molar-refractivity contribution < 1.29 is 4.74 Å². The van der Waals surface area contributed by atoms with Crippen LogP contribution in [0.15, 0.2) is 0 Å². The van der Waals surface area contributed by atoms with E-state index in [1.807, 2.05) is 0 Å². The zero-order valence-corrected chi connectivity index (χ0v) is 9.84. The molecule has 0 saturated carbocycles. The standard InChI is InChI=1S/C13H25NO/c1(2-12-4-8-14-9-5-12)3-13-6-10-15-11-7-13/h12-14H,1-11H2. The lowest BCUT2D eigenvalue weighted by molar-refractivity contribution is 0.0626. The van der Waals surface area contributed by atoms with Gasteiger partial charge in [-0.2, -0.15) is 0 Å². The van der Waals surface area contributed by atoms with Crippen molar-refractivity contribution in [3.05, 3.63) is 0 Å². The molecule has 15 heavy (non-hydrogen) atoms. The Morgan fingerprint density at radius 2 is 1.47 bits per heavy atom. The van der Waals surface area contributed by atoms with Gasteiger partial charge < -0.3 is 10.1 Å². The van der Waals surface area contributed by atoms with Gasteiger partial charge in [-0.1, -0.05) is 19.3 Å². The summed E-state index contributed by atoms with van der Waals surface area (Å²) in [4.78, 5) is 0. The molecule has 0 aromatic rings. The molecule has 2 heteroatoms. The molecule has 0 aliphatic carbocycles. The van der Waals surface area contributed by atoms with Crippen LogP contribution in [0, 0.1) is 11.8 Å². The molecule has 2 fully saturated rings. The zero-order valence-electron chi connectivity index (χ0n) is 9.84. The Balaban J connectivity index is 1.53. The monoisotopic (exact) mass is 211 g/mol. The summed E-state index contributed by atoms with van der Waals surface area (Å²) < 4.78 is 5.39. The van der Waals surface area contributed by atoms with Gasteiger partial charge in [0.05, 0.1) is 0 Å². The lowest BCUT2D eigenvalue weighted by atomic mass is 9.88. The van der Waals surface area contributed by atoms with Crippen LogP contribution in [0.2, 0.25) is 0 Å². The first kappa shape index (κ1) is 11.4. The number of hydrogen-bond donors (Lipinski definition) is 1. The molecule has 2 heterocycles. The summed E-state index contributed by atoms with van der Waals surface area (Å²) in [6, 6.07) is 0. The van der Waals surface area contributed by atoms with Gasteiger partial charge in [0.15, 0.2) is 0 Å². The van der Waals surface area contributed by atoms with Crippen LogP contribution in [-0.4, -0.2) is 26.3 Å². The van der Waals surface area contributed by atoms with E-state index in [9.17, 15) is 0 Å². The Kier molecular flexibility index (Phi) is 4.94. The van der Waals surface area contributed by atoms with E-state index in [1.165, 1.54) is 58.0 Å². The lowest BCUT2D eigenvalue weighted by Crippen LogP contribution is -2.27. The van der Waals surface area contributed by atoms with Crippen LogP contribution in [0.1, 0.15) is 44.9 Å². The molecule has 0 atom stereocenters. The summed E-state index contributed by atoms with van der Waals surface area (Å²) in [6.07, 6.45) is 9.82. The Morgan fingerprint density at radius 3 is 2.13 bits per heavy atom. The van der Waals surface area contributed by atoms with Gasteiger partial charge in [-0.3, -0.25) is 0 Å². The van der Waals surface area contributed by atoms with E-state index in [2.05, 4.69) is 5.32 Å². The van der Waals surface area contributed by atoms with Crippen molar-refractivity contribution in [2.24, 2.45) is 11.8 Å². The topological polar surface area (TPSA) is 21.3 Å². The molecular formula is C13H25NO. The smallest absolute Gasteiger partial charge is 0.0468 e. The van der Waals surface area contributed by atoms with Crippen molar-refractivity contribution >= 4 is 0 Å². The highest BCUT2D eigenvalue weighted by molar-refractivity contribution is 4.70. The number of nitrogens with one attached hydrogen (secondary N) is 1. The van der Waals surface area contributed by atoms with E-state index in [0.717, 1.165) is 25.0 Å². The molecule has 0 aromatic carbocycles. The fraction of sp³-hybridized carbons (Fsp3) is 1.00. The van der Waals surface area contributed by atoms with E-state index in [4.69, 9.17) is 4.74 Å². The van der Waals surface area contributed by atoms with Crippen LogP contribution < -0.4 is 5.32 Å². The second kappa shape index (κ2) is 6.49. The van der Waals surface area contributed by atoms with Crippen molar-refractivity contribution in [3.63, 3.8) is 0 Å². The second-order valence-corrected chi connectivity index (χ2v) is 5.18. The second-order valence-electron chi connectivity index (χ2n) is 5.18. The van der Waals surface area contributed by atoms with Crippen molar-refractivity contribution in [1.29, 1.82) is 0 Å². The van der Waals surface area contributed by atoms with Gasteiger partial charge in [-0.25, -0.2) is 0 Å². The van der Waals surface area contributed by atoms with E-state index in [0.29, 0.717) is 0 Å². The molecule has 2 rings (SSSR count). The summed E-state index contributed by atoms with van der Waals surface area (Å²) >= 11 is 0. The first-order valence-corrected chi connectivity index (χ1v) is 6.73. The van der Waals surface area contributed by atoms with Gasteiger partial charge >= 0.3 is 0 Å². The summed E-state index contributed by atoms with van der Waals surface area (Å²) in [5.41, 5.74) is 0. The average molecular weight is 211 g/mol. The maximum atomic E-state index is 5.39. The molecule has 0 spiro atoms. The van der Waals surface area contributed by atoms with Gasteiger partial charge in [0.1, 0.15) is 0 Å². The molecule has 0 unspecified atom stereocenters. The predicted octanol–water partition coefficient (Wildman–Crippen LogP) is 2.58. The minimum absolute atomic E-state index is 0.973. The molecule has 0 bridgehead atoms. The fourth-order valence-corrected chi connectivity index (χ4v) is 2.90. The number of hydrogen-bond acceptors (Lipinski definition) is 2. The molecule has 2 aliphatic heterocycles. The summed E-state index contributed by atoms with van der Waals surface area (Å²) in [5.74, 6) is 1.99. The van der Waals surface area contributed by atoms with E-state index < -0.39 is 0 Å². The SMILES string of the molecule is C(CC1CCNCC1)CC1CCOCC1. The van der Waals surface area contributed by atoms with Gasteiger partial charge in [-0.15, -0.1) is 0 Å². The minimum atomic E-state index is 0.973. The normalized spacial score (nSPS) is 25.6. The Morgan fingerprint density at radius 1 is 0.867 bits per heavy atom. The minimum Gasteiger partial charge on any atom is -0.381 e. The largest absolute Gasteiger partial charge is 0.381 e. The highest BCUT2D eigenvalue weighted by atomic mass is 16.5. The van der Waals surface area contributed by atoms with E-state index in [1.54, 1.807) is 0 Å². The first-order valence-electron chi connectivity index (χ1n) is 6.73. The van der Waals surface area contributed by atoms with Crippen molar-refractivity contribution in [2.75, 3.05) is 26.3 Å². The number of piperidine rings is 1. The lowest BCUT2D eigenvalue weighted by Gasteiger charge is -2.25. The van der Waals surface area contributed by atoms with Crippen LogP contribution in [0.3, 0.4) is 0 Å². The highest BCUT2D eigenvalue weighted by Crippen LogP contribution is 2.24. The third-order valence-electron chi connectivity index (χ3n) is 4.02. The van der Waals surface area contributed by atoms with Crippen molar-refractivity contribution in [1.82, 2.24) is 5.32 Å². The molecule has 2 nitrogen and oxygen atoms in total. The van der Waals surface area contributed by atoms with E-state index >= 15 is 0 Å². The molecule has 2 saturated heterocycles. The van der Waals surface area contributed by atoms with Crippen molar-refractivity contribution in [2.45, 2.75) is 44.9 Å². The Hall–Kier alpha value is -0.0800. The zero-order chi connectivity index (χ0) is 10.3. The van der Waals surface area contributed by atoms with Crippen LogP contribution in [0.25, 0.3) is 0 Å². The fourth-order valence-electron chi connectivity index (χ4n) is 2.90. The first-order chi connectivity index (χ1) is 7.45. The van der Waals surface area contributed by atoms with Crippen LogP contribution in [0.5, 0.6) is 0 Å². The predicted molar refractivity (Wildman–Crippen MR) is 63.0 cm³/mol. The maximum absolute atomic E-state index is 5.39. The highest BCUT2D eigenvalue weighted by Gasteiger charge is 2.16. The molecule has 0 amide bonds. The van der Waals surface area contributed by atoms with Crippen LogP contribution in [-0.2, 0) is 4.74 Å². The summed E-state index contributed by atoms with van der Waals surface area (Å²) in [5, 5.41) is 3.44. The number of ether oxygens (including phenoxy) is 1. The molecule has 0 aromatic heterocycles. The van der Waals surface area contributed by atoms with E-state index in [-0.39, 0.29) is 0 Å². The maximum Gasteiger partial charge on any atom is 0.0468 e.